The minimum absolute atomic E-state index is 0.251. The second-order valence-electron chi connectivity index (χ2n) is 5.46. The molecular weight excluding hydrogens is 274 g/mol. The molecule has 0 atom stereocenters. The number of esters is 1. The Balaban J connectivity index is 2.01. The third-order valence-corrected chi connectivity index (χ3v) is 4.12. The van der Waals surface area contributed by atoms with E-state index in [9.17, 15) is 4.79 Å². The van der Waals surface area contributed by atoms with Gasteiger partial charge in [-0.05, 0) is 17.7 Å². The van der Waals surface area contributed by atoms with Crippen LogP contribution in [0.15, 0.2) is 54.6 Å². The molecule has 2 aromatic carbocycles. The smallest absolute Gasteiger partial charge is 0.355 e. The highest BCUT2D eigenvalue weighted by atomic mass is 16.5. The Labute approximate surface area is 128 Å². The summed E-state index contributed by atoms with van der Waals surface area (Å²) in [5.74, 6) is -0.251. The number of nitrogens with zero attached hydrogens (tertiary/aromatic N) is 1. The average Bonchev–Trinajstić information content (AvgIpc) is 2.86. The van der Waals surface area contributed by atoms with Crippen molar-refractivity contribution in [3.63, 3.8) is 0 Å². The van der Waals surface area contributed by atoms with Gasteiger partial charge >= 0.3 is 5.97 Å². The highest BCUT2D eigenvalue weighted by Gasteiger charge is 2.29. The summed E-state index contributed by atoms with van der Waals surface area (Å²) >= 11 is 0. The number of carbonyl (C=O) groups is 1. The van der Waals surface area contributed by atoms with Crippen molar-refractivity contribution in [2.75, 3.05) is 6.61 Å². The van der Waals surface area contributed by atoms with E-state index >= 15 is 0 Å². The molecule has 0 amide bonds. The molecular formula is C19H15NO2. The first-order chi connectivity index (χ1) is 10.8. The predicted molar refractivity (Wildman–Crippen MR) is 87.5 cm³/mol. The fourth-order valence-electron chi connectivity index (χ4n) is 3.11. The number of benzene rings is 2. The van der Waals surface area contributed by atoms with Crippen molar-refractivity contribution in [3.8, 4) is 0 Å². The van der Waals surface area contributed by atoms with Crippen molar-refractivity contribution in [1.29, 1.82) is 0 Å². The molecule has 1 aliphatic heterocycles. The number of fused-ring (bicyclic) bond motifs is 3. The second-order valence-corrected chi connectivity index (χ2v) is 5.46. The minimum atomic E-state index is -0.251. The largest absolute Gasteiger partial charge is 0.456 e. The molecule has 0 unspecified atom stereocenters. The van der Waals surface area contributed by atoms with Gasteiger partial charge in [0.05, 0.1) is 0 Å². The van der Waals surface area contributed by atoms with Crippen LogP contribution in [-0.4, -0.2) is 17.1 Å². The van der Waals surface area contributed by atoms with Crippen molar-refractivity contribution in [3.05, 3.63) is 71.4 Å². The summed E-state index contributed by atoms with van der Waals surface area (Å²) in [6.45, 7) is 0.314. The number of carbonyl (C=O) groups excluding carboxylic acids is 1. The first kappa shape index (κ1) is 12.9. The zero-order valence-electron chi connectivity index (χ0n) is 12.2. The second kappa shape index (κ2) is 4.88. The van der Waals surface area contributed by atoms with Crippen molar-refractivity contribution in [1.82, 2.24) is 4.57 Å². The van der Waals surface area contributed by atoms with Crippen LogP contribution in [0.2, 0.25) is 0 Å². The van der Waals surface area contributed by atoms with Crippen LogP contribution >= 0.6 is 0 Å². The van der Waals surface area contributed by atoms with Gasteiger partial charge in [0.25, 0.3) is 0 Å². The maximum Gasteiger partial charge on any atom is 0.355 e. The summed E-state index contributed by atoms with van der Waals surface area (Å²) in [6.07, 6.45) is 2.09. The number of aromatic nitrogens is 1. The molecule has 0 fully saturated rings. The molecule has 0 bridgehead atoms. The van der Waals surface area contributed by atoms with Crippen molar-refractivity contribution in [2.24, 2.45) is 7.05 Å². The van der Waals surface area contributed by atoms with Crippen LogP contribution in [-0.2, 0) is 11.8 Å². The molecule has 0 saturated heterocycles. The van der Waals surface area contributed by atoms with Gasteiger partial charge in [0.1, 0.15) is 12.3 Å². The third-order valence-electron chi connectivity index (χ3n) is 4.12. The van der Waals surface area contributed by atoms with Crippen LogP contribution in [0.4, 0.5) is 0 Å². The van der Waals surface area contributed by atoms with Crippen molar-refractivity contribution in [2.45, 2.75) is 0 Å². The zero-order chi connectivity index (χ0) is 15.1. The van der Waals surface area contributed by atoms with Gasteiger partial charge in [0, 0.05) is 29.1 Å². The van der Waals surface area contributed by atoms with Gasteiger partial charge in [-0.1, -0.05) is 48.5 Å². The van der Waals surface area contributed by atoms with Gasteiger partial charge in [-0.15, -0.1) is 0 Å². The molecule has 1 aromatic heterocycles. The maximum absolute atomic E-state index is 12.2. The van der Waals surface area contributed by atoms with E-state index in [-0.39, 0.29) is 5.97 Å². The normalized spacial score (nSPS) is 15.9. The highest BCUT2D eigenvalue weighted by molar-refractivity contribution is 6.09. The number of aryl methyl sites for hydroxylation is 1. The van der Waals surface area contributed by atoms with Crippen molar-refractivity contribution >= 4 is 28.5 Å². The summed E-state index contributed by atoms with van der Waals surface area (Å²) in [6, 6.07) is 18.2. The fourth-order valence-corrected chi connectivity index (χ4v) is 3.11. The minimum Gasteiger partial charge on any atom is -0.456 e. The number of hydrogen-bond donors (Lipinski definition) is 0. The summed E-state index contributed by atoms with van der Waals surface area (Å²) in [5, 5.41) is 1.10. The zero-order valence-corrected chi connectivity index (χ0v) is 12.2. The molecule has 4 rings (SSSR count). The van der Waals surface area contributed by atoms with Crippen LogP contribution in [0.5, 0.6) is 0 Å². The number of rotatable bonds is 1. The molecule has 3 aromatic rings. The lowest BCUT2D eigenvalue weighted by Gasteiger charge is -2.17. The first-order valence-corrected chi connectivity index (χ1v) is 7.26. The highest BCUT2D eigenvalue weighted by Crippen LogP contribution is 2.35. The molecule has 108 valence electrons. The van der Waals surface area contributed by atoms with E-state index in [1.807, 2.05) is 60.1 Å². The summed E-state index contributed by atoms with van der Waals surface area (Å²) < 4.78 is 7.29. The van der Waals surface area contributed by atoms with Gasteiger partial charge < -0.3 is 9.30 Å². The number of para-hydroxylation sites is 1. The fraction of sp³-hybridized carbons (Fsp3) is 0.105. The average molecular weight is 289 g/mol. The van der Waals surface area contributed by atoms with E-state index in [0.717, 1.165) is 27.6 Å². The first-order valence-electron chi connectivity index (χ1n) is 7.26. The molecule has 3 heteroatoms. The molecule has 3 nitrogen and oxygen atoms in total. The molecule has 22 heavy (non-hydrogen) atoms. The molecule has 0 aliphatic carbocycles. The quantitative estimate of drug-likeness (QED) is 0.636. The molecule has 2 heterocycles. The monoisotopic (exact) mass is 289 g/mol. The van der Waals surface area contributed by atoms with Gasteiger partial charge in [-0.25, -0.2) is 4.79 Å². The van der Waals surface area contributed by atoms with E-state index in [1.165, 1.54) is 0 Å². The van der Waals surface area contributed by atoms with Gasteiger partial charge in [0.15, 0.2) is 0 Å². The van der Waals surface area contributed by atoms with E-state index in [4.69, 9.17) is 4.74 Å². The number of cyclic esters (lactones) is 1. The van der Waals surface area contributed by atoms with Crippen LogP contribution in [0.3, 0.4) is 0 Å². The Bertz CT molecular complexity index is 904. The Morgan fingerprint density at radius 1 is 1.05 bits per heavy atom. The Morgan fingerprint density at radius 2 is 1.77 bits per heavy atom. The SMILES string of the molecule is Cn1c2c(c3ccccc31)/C(=C/c1ccccc1)COC2=O. The Hall–Kier alpha value is -2.81. The lowest BCUT2D eigenvalue weighted by molar-refractivity contribution is 0.0533. The van der Waals surface area contributed by atoms with Gasteiger partial charge in [-0.3, -0.25) is 0 Å². The van der Waals surface area contributed by atoms with Crippen LogP contribution < -0.4 is 0 Å². The standard InChI is InChI=1S/C19H15NO2/c1-20-16-10-6-5-9-15(16)17-14(12-22-19(21)18(17)20)11-13-7-3-2-4-8-13/h2-11H,12H2,1H3/b14-11+. The van der Waals surface area contributed by atoms with Gasteiger partial charge in [-0.2, -0.15) is 0 Å². The van der Waals surface area contributed by atoms with E-state index in [1.54, 1.807) is 0 Å². The van der Waals surface area contributed by atoms with E-state index in [2.05, 4.69) is 12.1 Å². The van der Waals surface area contributed by atoms with Gasteiger partial charge in [0.2, 0.25) is 0 Å². The third kappa shape index (κ3) is 1.86. The summed E-state index contributed by atoms with van der Waals surface area (Å²) in [5.41, 5.74) is 4.82. The Kier molecular flexibility index (Phi) is 2.86. The van der Waals surface area contributed by atoms with Crippen molar-refractivity contribution < 1.29 is 9.53 Å². The van der Waals surface area contributed by atoms with E-state index in [0.29, 0.717) is 12.3 Å². The van der Waals surface area contributed by atoms with Crippen LogP contribution in [0, 0.1) is 0 Å². The van der Waals surface area contributed by atoms with Crippen LogP contribution in [0.1, 0.15) is 21.6 Å². The molecule has 0 radical (unpaired) electrons. The molecule has 0 saturated carbocycles. The molecule has 1 aliphatic rings. The summed E-state index contributed by atoms with van der Waals surface area (Å²) in [7, 11) is 1.91. The molecule has 0 N–H and O–H groups in total. The lowest BCUT2D eigenvalue weighted by Crippen LogP contribution is -2.18. The van der Waals surface area contributed by atoms with E-state index < -0.39 is 0 Å². The maximum atomic E-state index is 12.2. The number of hydrogen-bond acceptors (Lipinski definition) is 2. The Morgan fingerprint density at radius 3 is 2.59 bits per heavy atom. The number of ether oxygens (including phenoxy) is 1. The topological polar surface area (TPSA) is 31.2 Å². The molecule has 0 spiro atoms. The van der Waals surface area contributed by atoms with Crippen LogP contribution in [0.25, 0.3) is 22.6 Å². The summed E-state index contributed by atoms with van der Waals surface area (Å²) in [4.78, 5) is 12.2. The lowest BCUT2D eigenvalue weighted by atomic mass is 9.98. The predicted octanol–water partition coefficient (Wildman–Crippen LogP) is 3.89.